The Morgan fingerprint density at radius 3 is 2.59 bits per heavy atom. The summed E-state index contributed by atoms with van der Waals surface area (Å²) in [6.07, 6.45) is -0.785. The molecule has 1 atom stereocenters. The number of fused-ring (bicyclic) bond motifs is 2. The number of carbonyl (C=O) groups excluding carboxylic acids is 1. The zero-order chi connectivity index (χ0) is 19.3. The summed E-state index contributed by atoms with van der Waals surface area (Å²) < 4.78 is 2.11. The average Bonchev–Trinajstić information content (AvgIpc) is 3.18. The highest BCUT2D eigenvalue weighted by molar-refractivity contribution is 5.97. The van der Waals surface area contributed by atoms with Crippen LogP contribution >= 0.6 is 0 Å². The zero-order valence-electron chi connectivity index (χ0n) is 15.8. The SMILES string of the molecule is CNC(=O)c1ccc2c(c1)nc(C(C)(C)C)n2-c1ccc2c(c1)NC(O)N2. The number of aromatic nitrogens is 2. The fraction of sp³-hybridized carbons (Fsp3) is 0.300. The van der Waals surface area contributed by atoms with Crippen LogP contribution in [0.15, 0.2) is 36.4 Å². The van der Waals surface area contributed by atoms with Gasteiger partial charge < -0.3 is 21.1 Å². The molecule has 1 aromatic heterocycles. The molecule has 7 heteroatoms. The zero-order valence-corrected chi connectivity index (χ0v) is 15.8. The number of nitrogens with zero attached hydrogens (tertiary/aromatic N) is 2. The van der Waals surface area contributed by atoms with Crippen LogP contribution in [0.5, 0.6) is 0 Å². The second-order valence-electron chi connectivity index (χ2n) is 7.72. The van der Waals surface area contributed by atoms with Crippen LogP contribution in [0.1, 0.15) is 37.0 Å². The number of aliphatic hydroxyl groups excluding tert-OH is 1. The monoisotopic (exact) mass is 365 g/mol. The fourth-order valence-electron chi connectivity index (χ4n) is 3.38. The van der Waals surface area contributed by atoms with E-state index in [1.807, 2.05) is 36.4 Å². The molecule has 3 aromatic rings. The van der Waals surface area contributed by atoms with E-state index in [0.29, 0.717) is 5.56 Å². The number of aliphatic hydroxyl groups is 1. The van der Waals surface area contributed by atoms with E-state index in [0.717, 1.165) is 33.9 Å². The predicted octanol–water partition coefficient (Wildman–Crippen LogP) is 2.80. The molecule has 0 spiro atoms. The largest absolute Gasteiger partial charge is 0.357 e. The molecule has 0 saturated heterocycles. The van der Waals surface area contributed by atoms with Crippen LogP contribution < -0.4 is 16.0 Å². The van der Waals surface area contributed by atoms with Gasteiger partial charge in [-0.15, -0.1) is 0 Å². The van der Waals surface area contributed by atoms with E-state index in [-0.39, 0.29) is 11.3 Å². The average molecular weight is 365 g/mol. The summed E-state index contributed by atoms with van der Waals surface area (Å²) in [5, 5.41) is 18.4. The molecule has 0 bridgehead atoms. The first-order valence-corrected chi connectivity index (χ1v) is 8.88. The standard InChI is InChI=1S/C20H23N5O2/c1-20(2,3)18-22-15-9-11(17(26)21-4)5-8-16(15)25(18)12-6-7-13-14(10-12)24-19(27)23-13/h5-10,19,23-24,27H,1-4H3,(H,21,26). The van der Waals surface area contributed by atoms with Gasteiger partial charge in [0.25, 0.3) is 5.91 Å². The molecule has 4 rings (SSSR count). The van der Waals surface area contributed by atoms with Gasteiger partial charge in [0.05, 0.1) is 22.4 Å². The van der Waals surface area contributed by atoms with Crippen molar-refractivity contribution in [2.75, 3.05) is 17.7 Å². The lowest BCUT2D eigenvalue weighted by molar-refractivity contribution is 0.0963. The number of amides is 1. The third-order valence-corrected chi connectivity index (χ3v) is 4.66. The molecule has 2 aromatic carbocycles. The van der Waals surface area contributed by atoms with Gasteiger partial charge in [-0.25, -0.2) is 4.98 Å². The van der Waals surface area contributed by atoms with E-state index in [2.05, 4.69) is 41.3 Å². The summed E-state index contributed by atoms with van der Waals surface area (Å²) in [6.45, 7) is 6.34. The quantitative estimate of drug-likeness (QED) is 0.561. The molecule has 2 heterocycles. The Balaban J connectivity index is 1.93. The van der Waals surface area contributed by atoms with Crippen molar-refractivity contribution in [3.8, 4) is 5.69 Å². The number of hydrogen-bond acceptors (Lipinski definition) is 5. The van der Waals surface area contributed by atoms with Crippen LogP contribution in [0, 0.1) is 0 Å². The second kappa shape index (κ2) is 5.99. The molecule has 1 amide bonds. The van der Waals surface area contributed by atoms with Crippen LogP contribution in [0.25, 0.3) is 16.7 Å². The molecule has 0 fully saturated rings. The van der Waals surface area contributed by atoms with Crippen molar-refractivity contribution in [2.45, 2.75) is 32.5 Å². The van der Waals surface area contributed by atoms with Crippen molar-refractivity contribution in [2.24, 2.45) is 0 Å². The van der Waals surface area contributed by atoms with Gasteiger partial charge >= 0.3 is 0 Å². The maximum Gasteiger partial charge on any atom is 0.251 e. The van der Waals surface area contributed by atoms with E-state index >= 15 is 0 Å². The molecule has 0 aliphatic carbocycles. The predicted molar refractivity (Wildman–Crippen MR) is 106 cm³/mol. The molecule has 1 aliphatic heterocycles. The van der Waals surface area contributed by atoms with Gasteiger partial charge in [0.15, 0.2) is 0 Å². The smallest absolute Gasteiger partial charge is 0.251 e. The molecule has 4 N–H and O–H groups in total. The second-order valence-corrected chi connectivity index (χ2v) is 7.72. The molecule has 0 saturated carbocycles. The highest BCUT2D eigenvalue weighted by Gasteiger charge is 2.25. The van der Waals surface area contributed by atoms with E-state index < -0.39 is 6.35 Å². The number of imidazole rings is 1. The Labute approximate surface area is 157 Å². The summed E-state index contributed by atoms with van der Waals surface area (Å²) in [4.78, 5) is 16.8. The summed E-state index contributed by atoms with van der Waals surface area (Å²) in [5.74, 6) is 0.767. The van der Waals surface area contributed by atoms with Gasteiger partial charge in [-0.2, -0.15) is 0 Å². The van der Waals surface area contributed by atoms with E-state index in [9.17, 15) is 9.90 Å². The summed E-state index contributed by atoms with van der Waals surface area (Å²) in [6, 6.07) is 11.5. The fourth-order valence-corrected chi connectivity index (χ4v) is 3.38. The Bertz CT molecular complexity index is 1050. The van der Waals surface area contributed by atoms with Crippen LogP contribution in [-0.4, -0.2) is 34.0 Å². The van der Waals surface area contributed by atoms with Gasteiger partial charge in [0, 0.05) is 23.7 Å². The van der Waals surface area contributed by atoms with Crippen molar-refractivity contribution in [3.63, 3.8) is 0 Å². The molecular weight excluding hydrogens is 342 g/mol. The van der Waals surface area contributed by atoms with Gasteiger partial charge in [-0.05, 0) is 36.4 Å². The maximum atomic E-state index is 12.0. The highest BCUT2D eigenvalue weighted by atomic mass is 16.3. The lowest BCUT2D eigenvalue weighted by Gasteiger charge is -2.20. The molecule has 140 valence electrons. The van der Waals surface area contributed by atoms with Crippen LogP contribution in [0.4, 0.5) is 11.4 Å². The first kappa shape index (κ1) is 17.4. The molecule has 0 radical (unpaired) electrons. The lowest BCUT2D eigenvalue weighted by atomic mass is 9.95. The maximum absolute atomic E-state index is 12.0. The molecule has 27 heavy (non-hydrogen) atoms. The Kier molecular flexibility index (Phi) is 3.85. The van der Waals surface area contributed by atoms with Crippen LogP contribution in [0.3, 0.4) is 0 Å². The minimum Gasteiger partial charge on any atom is -0.357 e. The summed E-state index contributed by atoms with van der Waals surface area (Å²) in [5.41, 5.74) is 4.72. The number of anilines is 2. The molecule has 7 nitrogen and oxygen atoms in total. The number of hydrogen-bond donors (Lipinski definition) is 4. The summed E-state index contributed by atoms with van der Waals surface area (Å²) >= 11 is 0. The van der Waals surface area contributed by atoms with Crippen LogP contribution in [-0.2, 0) is 5.41 Å². The van der Waals surface area contributed by atoms with E-state index in [4.69, 9.17) is 4.98 Å². The third kappa shape index (κ3) is 2.90. The van der Waals surface area contributed by atoms with Crippen molar-refractivity contribution < 1.29 is 9.90 Å². The van der Waals surface area contributed by atoms with E-state index in [1.165, 1.54) is 0 Å². The van der Waals surface area contributed by atoms with Gasteiger partial charge in [-0.1, -0.05) is 20.8 Å². The van der Waals surface area contributed by atoms with Gasteiger partial charge in [0.1, 0.15) is 5.82 Å². The topological polar surface area (TPSA) is 91.2 Å². The van der Waals surface area contributed by atoms with Gasteiger partial charge in [-0.3, -0.25) is 9.36 Å². The number of benzene rings is 2. The van der Waals surface area contributed by atoms with Crippen molar-refractivity contribution >= 4 is 28.3 Å². The van der Waals surface area contributed by atoms with Crippen molar-refractivity contribution in [3.05, 3.63) is 47.8 Å². The molecular formula is C20H23N5O2. The van der Waals surface area contributed by atoms with Gasteiger partial charge in [0.2, 0.25) is 6.35 Å². The third-order valence-electron chi connectivity index (χ3n) is 4.66. The Hall–Kier alpha value is -3.06. The minimum absolute atomic E-state index is 0.134. The van der Waals surface area contributed by atoms with Crippen LogP contribution in [0.2, 0.25) is 0 Å². The number of rotatable bonds is 2. The highest BCUT2D eigenvalue weighted by Crippen LogP contribution is 2.35. The van der Waals surface area contributed by atoms with E-state index in [1.54, 1.807) is 7.05 Å². The number of nitrogens with one attached hydrogen (secondary N) is 3. The minimum atomic E-state index is -0.785. The Morgan fingerprint density at radius 2 is 1.89 bits per heavy atom. The molecule has 1 aliphatic rings. The lowest BCUT2D eigenvalue weighted by Crippen LogP contribution is -2.20. The number of carbonyl (C=O) groups is 1. The normalized spacial score (nSPS) is 16.0. The first-order chi connectivity index (χ1) is 12.8. The van der Waals surface area contributed by atoms with Crippen molar-refractivity contribution in [1.29, 1.82) is 0 Å². The summed E-state index contributed by atoms with van der Waals surface area (Å²) in [7, 11) is 1.62. The first-order valence-electron chi connectivity index (χ1n) is 8.88. The Morgan fingerprint density at radius 1 is 1.15 bits per heavy atom. The van der Waals surface area contributed by atoms with Crippen molar-refractivity contribution in [1.82, 2.24) is 14.9 Å². The molecule has 1 unspecified atom stereocenters.